The van der Waals surface area contributed by atoms with Crippen molar-refractivity contribution in [1.82, 2.24) is 47.9 Å². The lowest BCUT2D eigenvalue weighted by atomic mass is 10.00. The molecule has 0 fully saturated rings. The molecule has 0 aliphatic carbocycles. The molecular formula is C49H89N17O14. The molecule has 0 spiro atoms. The summed E-state index contributed by atoms with van der Waals surface area (Å²) in [5, 5.41) is 31.7. The first kappa shape index (κ1) is 72.3. The van der Waals surface area contributed by atoms with Crippen LogP contribution in [0.2, 0.25) is 0 Å². The molecule has 31 nitrogen and oxygen atoms in total. The average molecular weight is 1140 g/mol. The van der Waals surface area contributed by atoms with E-state index in [1.807, 2.05) is 0 Å². The maximum absolute atomic E-state index is 14.2. The van der Waals surface area contributed by atoms with Crippen molar-refractivity contribution in [1.29, 1.82) is 0 Å². The van der Waals surface area contributed by atoms with Crippen molar-refractivity contribution in [2.45, 2.75) is 193 Å². The van der Waals surface area contributed by atoms with Gasteiger partial charge in [0.05, 0.1) is 6.04 Å². The van der Waals surface area contributed by atoms with E-state index in [0.717, 1.165) is 0 Å². The summed E-state index contributed by atoms with van der Waals surface area (Å²) in [6.07, 6.45) is -1.30. The van der Waals surface area contributed by atoms with Crippen LogP contribution in [0.1, 0.15) is 132 Å². The number of aliphatic imine (C=N–C) groups is 1. The number of unbranched alkanes of at least 4 members (excludes halogenated alkanes) is 1. The van der Waals surface area contributed by atoms with E-state index < -0.39 is 168 Å². The second-order valence-corrected chi connectivity index (χ2v) is 20.5. The summed E-state index contributed by atoms with van der Waals surface area (Å²) in [5.74, 6) is -13.5. The number of aliphatic carboxylic acids is 1. The van der Waals surface area contributed by atoms with Gasteiger partial charge in [-0.15, -0.1) is 0 Å². The molecular weight excluding hydrogens is 1050 g/mol. The van der Waals surface area contributed by atoms with Gasteiger partial charge in [0.25, 0.3) is 0 Å². The van der Waals surface area contributed by atoms with Crippen LogP contribution >= 0.6 is 0 Å². The molecule has 31 heteroatoms. The predicted octanol–water partition coefficient (Wildman–Crippen LogP) is -5.86. The Hall–Kier alpha value is -7.70. The molecule has 0 aromatic rings. The minimum atomic E-state index is -1.57. The Kier molecular flexibility index (Phi) is 33.6. The lowest BCUT2D eigenvalue weighted by molar-refractivity contribution is -0.143. The van der Waals surface area contributed by atoms with Gasteiger partial charge in [-0.25, -0.2) is 4.79 Å². The van der Waals surface area contributed by atoms with E-state index in [0.29, 0.717) is 12.8 Å². The third-order valence-electron chi connectivity index (χ3n) is 12.1. The number of nitrogens with zero attached hydrogens (tertiary/aromatic N) is 1. The Morgan fingerprint density at radius 3 is 1.19 bits per heavy atom. The van der Waals surface area contributed by atoms with E-state index in [-0.39, 0.29) is 69.9 Å². The van der Waals surface area contributed by atoms with E-state index >= 15 is 0 Å². The highest BCUT2D eigenvalue weighted by Gasteiger charge is 2.36. The van der Waals surface area contributed by atoms with Crippen molar-refractivity contribution in [2.24, 2.45) is 62.9 Å². The second-order valence-electron chi connectivity index (χ2n) is 20.5. The van der Waals surface area contributed by atoms with Crippen molar-refractivity contribution in [3.8, 4) is 0 Å². The SMILES string of the molecule is CC(C)C[C@H](NC(=O)[C@H](CCCCN)NC(=O)[C@H](CCC(N)=O)NC(=O)[C@@H](NC(=O)[C@H](CCC(N)=O)NC(=O)[C@@H](N)CCCN=C(N)N)C(C)C)C(=O)N[C@@H](CCC(N)=O)C(=O)N[C@@H](C)C(=O)N[C@@H](C)C(=O)N[C@H](C(=O)O)C(C)C. The van der Waals surface area contributed by atoms with Crippen LogP contribution < -0.4 is 88.0 Å². The molecule has 12 amide bonds. The molecule has 0 radical (unpaired) electrons. The van der Waals surface area contributed by atoms with E-state index in [4.69, 9.17) is 40.1 Å². The molecule has 0 aliphatic heterocycles. The highest BCUT2D eigenvalue weighted by atomic mass is 16.4. The van der Waals surface area contributed by atoms with Crippen molar-refractivity contribution in [2.75, 3.05) is 13.1 Å². The maximum Gasteiger partial charge on any atom is 0.326 e. The summed E-state index contributed by atoms with van der Waals surface area (Å²) in [5.41, 5.74) is 38.6. The summed E-state index contributed by atoms with van der Waals surface area (Å²) in [4.78, 5) is 174. The molecule has 0 aliphatic rings. The summed E-state index contributed by atoms with van der Waals surface area (Å²) in [7, 11) is 0. The fourth-order valence-corrected chi connectivity index (χ4v) is 7.50. The minimum Gasteiger partial charge on any atom is -0.480 e. The zero-order valence-corrected chi connectivity index (χ0v) is 47.1. The fourth-order valence-electron chi connectivity index (χ4n) is 7.50. The Balaban J connectivity index is 6.64. The highest BCUT2D eigenvalue weighted by molar-refractivity contribution is 5.99. The molecule has 0 unspecified atom stereocenters. The molecule has 0 saturated heterocycles. The topological polar surface area (TPSA) is 545 Å². The van der Waals surface area contributed by atoms with Crippen LogP contribution in [0.25, 0.3) is 0 Å². The third kappa shape index (κ3) is 29.3. The van der Waals surface area contributed by atoms with E-state index in [1.54, 1.807) is 41.5 Å². The molecule has 0 aromatic heterocycles. The van der Waals surface area contributed by atoms with Gasteiger partial charge in [-0.05, 0) is 95.9 Å². The number of primary amides is 3. The molecule has 0 heterocycles. The van der Waals surface area contributed by atoms with Gasteiger partial charge in [0, 0.05) is 25.8 Å². The second kappa shape index (κ2) is 37.2. The molecule has 454 valence electrons. The van der Waals surface area contributed by atoms with Gasteiger partial charge in [0.15, 0.2) is 5.96 Å². The quantitative estimate of drug-likeness (QED) is 0.0154. The Morgan fingerprint density at radius 1 is 0.412 bits per heavy atom. The predicted molar refractivity (Wildman–Crippen MR) is 292 cm³/mol. The molecule has 0 bridgehead atoms. The van der Waals surface area contributed by atoms with Crippen LogP contribution in [0.15, 0.2) is 4.99 Å². The van der Waals surface area contributed by atoms with Gasteiger partial charge in [0.2, 0.25) is 70.9 Å². The molecule has 24 N–H and O–H groups in total. The first-order chi connectivity index (χ1) is 37.2. The monoisotopic (exact) mass is 1140 g/mol. The molecule has 0 saturated carbocycles. The van der Waals surface area contributed by atoms with Gasteiger partial charge >= 0.3 is 5.97 Å². The standard InChI is InChI=1S/C49H89N17O14/c1-23(2)22-33(46(77)62-30(14-17-34(52)67)42(73)59-26(7)39(70)58-27(8)40(71)66-38(25(5)6)48(79)80)64-43(74)29(13-9-10-20-50)61-44(75)31(15-18-35(53)68)63-47(78)37(24(3)4)65-45(76)32(16-19-36(54)69)60-41(72)28(51)12-11-21-57-49(55)56/h23-33,37-38H,9-22,50-51H2,1-8H3,(H2,52,67)(H2,53,68)(H2,54,69)(H,58,70)(H,59,73)(H,60,72)(H,61,75)(H,62,77)(H,63,78)(H,64,74)(H,65,76)(H,66,71)(H,79,80)(H4,55,56,57)/t26-,27-,28-,29-,30-,31-,32-,33-,37-,38-/m0/s1. The van der Waals surface area contributed by atoms with Gasteiger partial charge in [-0.3, -0.25) is 62.5 Å². The Labute approximate surface area is 465 Å². The smallest absolute Gasteiger partial charge is 0.326 e. The number of carbonyl (C=O) groups excluding carboxylic acids is 12. The van der Waals surface area contributed by atoms with E-state index in [9.17, 15) is 67.4 Å². The Morgan fingerprint density at radius 2 is 0.775 bits per heavy atom. The number of carboxylic acid groups (broad SMARTS) is 1. The minimum absolute atomic E-state index is 0.0380. The number of carboxylic acids is 1. The fraction of sp³-hybridized carbons (Fsp3) is 0.714. The van der Waals surface area contributed by atoms with Gasteiger partial charge < -0.3 is 93.1 Å². The van der Waals surface area contributed by atoms with E-state index in [2.05, 4.69) is 52.8 Å². The van der Waals surface area contributed by atoms with Gasteiger partial charge in [0.1, 0.15) is 54.4 Å². The number of carbonyl (C=O) groups is 13. The van der Waals surface area contributed by atoms with Crippen LogP contribution in [0, 0.1) is 17.8 Å². The number of nitrogens with one attached hydrogen (secondary N) is 9. The molecule has 0 aromatic carbocycles. The van der Waals surface area contributed by atoms with E-state index in [1.165, 1.54) is 13.8 Å². The van der Waals surface area contributed by atoms with Crippen LogP contribution in [-0.4, -0.2) is 161 Å². The number of amides is 12. The van der Waals surface area contributed by atoms with Crippen molar-refractivity contribution in [3.05, 3.63) is 0 Å². The lowest BCUT2D eigenvalue weighted by Gasteiger charge is -2.29. The van der Waals surface area contributed by atoms with Gasteiger partial charge in [-0.1, -0.05) is 41.5 Å². The van der Waals surface area contributed by atoms with Crippen LogP contribution in [0.4, 0.5) is 0 Å². The van der Waals surface area contributed by atoms with Crippen LogP contribution in [0.5, 0.6) is 0 Å². The van der Waals surface area contributed by atoms with Crippen molar-refractivity contribution >= 4 is 82.8 Å². The normalized spacial score (nSPS) is 14.9. The highest BCUT2D eigenvalue weighted by Crippen LogP contribution is 2.12. The molecule has 10 atom stereocenters. The molecule has 0 rings (SSSR count). The van der Waals surface area contributed by atoms with Gasteiger partial charge in [-0.2, -0.15) is 0 Å². The number of rotatable bonds is 40. The van der Waals surface area contributed by atoms with Crippen molar-refractivity contribution < 1.29 is 67.4 Å². The summed E-state index contributed by atoms with van der Waals surface area (Å²) in [6.45, 7) is 12.6. The first-order valence-corrected chi connectivity index (χ1v) is 26.5. The van der Waals surface area contributed by atoms with Crippen molar-refractivity contribution in [3.63, 3.8) is 0 Å². The number of hydrogen-bond acceptors (Lipinski definition) is 16. The number of hydrogen-bond donors (Lipinski definition) is 17. The first-order valence-electron chi connectivity index (χ1n) is 26.5. The average Bonchev–Trinajstić information content (AvgIpc) is 3.35. The number of guanidine groups is 1. The summed E-state index contributed by atoms with van der Waals surface area (Å²) in [6, 6.07) is -13.7. The lowest BCUT2D eigenvalue weighted by Crippen LogP contribution is -2.61. The van der Waals surface area contributed by atoms with Crippen LogP contribution in [-0.2, 0) is 62.3 Å². The summed E-state index contributed by atoms with van der Waals surface area (Å²) >= 11 is 0. The largest absolute Gasteiger partial charge is 0.480 e. The summed E-state index contributed by atoms with van der Waals surface area (Å²) < 4.78 is 0. The number of nitrogens with two attached hydrogens (primary N) is 7. The molecule has 80 heavy (non-hydrogen) atoms. The Bertz CT molecular complexity index is 2170. The van der Waals surface area contributed by atoms with Crippen LogP contribution in [0.3, 0.4) is 0 Å². The maximum atomic E-state index is 14.2. The third-order valence-corrected chi connectivity index (χ3v) is 12.1. The zero-order valence-electron chi connectivity index (χ0n) is 47.1. The zero-order chi connectivity index (χ0) is 61.6.